The highest BCUT2D eigenvalue weighted by Gasteiger charge is 2.43. The number of likely N-dealkylation sites (tertiary alicyclic amines) is 2. The molecule has 0 unspecified atom stereocenters. The fourth-order valence-electron chi connectivity index (χ4n) is 5.16. The summed E-state index contributed by atoms with van der Waals surface area (Å²) >= 11 is 6.21. The lowest BCUT2D eigenvalue weighted by Crippen LogP contribution is -2.43. The Morgan fingerprint density at radius 1 is 1.12 bits per heavy atom. The number of benzene rings is 2. The van der Waals surface area contributed by atoms with Gasteiger partial charge in [0.2, 0.25) is 11.8 Å². The van der Waals surface area contributed by atoms with Crippen LogP contribution in [0.25, 0.3) is 11.8 Å². The van der Waals surface area contributed by atoms with Crippen molar-refractivity contribution in [2.24, 2.45) is 5.14 Å². The lowest BCUT2D eigenvalue weighted by Gasteiger charge is -2.24. The van der Waals surface area contributed by atoms with Gasteiger partial charge in [0.15, 0.2) is 0 Å². The van der Waals surface area contributed by atoms with Crippen molar-refractivity contribution in [3.63, 3.8) is 0 Å². The van der Waals surface area contributed by atoms with Gasteiger partial charge in [-0.05, 0) is 59.7 Å². The summed E-state index contributed by atoms with van der Waals surface area (Å²) in [5.74, 6) is -0.650. The Morgan fingerprint density at radius 3 is 2.65 bits per heavy atom. The van der Waals surface area contributed by atoms with Gasteiger partial charge in [-0.25, -0.2) is 5.14 Å². The summed E-state index contributed by atoms with van der Waals surface area (Å²) in [5, 5.41) is 19.8. The van der Waals surface area contributed by atoms with Crippen molar-refractivity contribution in [2.45, 2.75) is 31.0 Å². The molecule has 0 radical (unpaired) electrons. The van der Waals surface area contributed by atoms with Crippen LogP contribution in [0, 0.1) is 0 Å². The van der Waals surface area contributed by atoms with Gasteiger partial charge >= 0.3 is 0 Å². The van der Waals surface area contributed by atoms with Gasteiger partial charge < -0.3 is 10.2 Å². The van der Waals surface area contributed by atoms with Crippen molar-refractivity contribution in [2.75, 3.05) is 25.0 Å². The van der Waals surface area contributed by atoms with E-state index in [1.807, 2.05) is 18.2 Å². The smallest absolute Gasteiger partial charge is 0.274 e. The Labute approximate surface area is 236 Å². The van der Waals surface area contributed by atoms with Crippen LogP contribution >= 0.6 is 11.6 Å². The SMILES string of the molecule is NS(=O)(=O)N[C@@H]1CCN([C@H]2C[C@@H](C(=O)Nc3ccccc3)N(C(=O)/C=C/c3cc(Cl)ccc3-n3cnnn3)C2)C1. The third-order valence-corrected chi connectivity index (χ3v) is 7.86. The van der Waals surface area contributed by atoms with E-state index in [-0.39, 0.29) is 23.9 Å². The Bertz CT molecular complexity index is 1500. The number of para-hydroxylation sites is 1. The first kappa shape index (κ1) is 27.9. The van der Waals surface area contributed by atoms with Crippen molar-refractivity contribution < 1.29 is 18.0 Å². The quantitative estimate of drug-likeness (QED) is 0.326. The lowest BCUT2D eigenvalue weighted by atomic mass is 10.1. The summed E-state index contributed by atoms with van der Waals surface area (Å²) in [6.07, 6.45) is 5.43. The van der Waals surface area contributed by atoms with E-state index >= 15 is 0 Å². The lowest BCUT2D eigenvalue weighted by molar-refractivity contribution is -0.132. The van der Waals surface area contributed by atoms with E-state index in [1.165, 1.54) is 17.1 Å². The number of hydrogen-bond donors (Lipinski definition) is 3. The van der Waals surface area contributed by atoms with E-state index in [4.69, 9.17) is 16.7 Å². The molecule has 2 saturated heterocycles. The zero-order valence-corrected chi connectivity index (χ0v) is 22.9. The Morgan fingerprint density at radius 2 is 1.93 bits per heavy atom. The average Bonchev–Trinajstić information content (AvgIpc) is 3.68. The van der Waals surface area contributed by atoms with E-state index in [1.54, 1.807) is 41.3 Å². The molecule has 2 aliphatic heterocycles. The molecule has 1 aromatic heterocycles. The predicted octanol–water partition coefficient (Wildman–Crippen LogP) is 0.805. The number of aromatic nitrogens is 4. The second-order valence-electron chi connectivity index (χ2n) is 9.69. The molecule has 0 spiro atoms. The number of carbonyl (C=O) groups excluding carboxylic acids is 2. The number of tetrazole rings is 1. The second kappa shape index (κ2) is 11.8. The number of nitrogens with two attached hydrogens (primary N) is 1. The molecule has 0 aliphatic carbocycles. The van der Waals surface area contributed by atoms with Crippen LogP contribution in [-0.4, -0.2) is 88.0 Å². The summed E-state index contributed by atoms with van der Waals surface area (Å²) < 4.78 is 26.9. The number of carbonyl (C=O) groups is 2. The Kier molecular flexibility index (Phi) is 8.23. The molecular weight excluding hydrogens is 558 g/mol. The highest BCUT2D eigenvalue weighted by atomic mass is 35.5. The second-order valence-corrected chi connectivity index (χ2v) is 11.4. The van der Waals surface area contributed by atoms with Crippen molar-refractivity contribution in [1.29, 1.82) is 0 Å². The van der Waals surface area contributed by atoms with Crippen molar-refractivity contribution in [1.82, 2.24) is 34.7 Å². The van der Waals surface area contributed by atoms with E-state index in [0.29, 0.717) is 54.4 Å². The molecule has 2 aliphatic rings. The van der Waals surface area contributed by atoms with Crippen LogP contribution < -0.4 is 15.2 Å². The van der Waals surface area contributed by atoms with Crippen LogP contribution in [0.5, 0.6) is 0 Å². The minimum absolute atomic E-state index is 0.140. The third-order valence-electron chi connectivity index (χ3n) is 6.96. The van der Waals surface area contributed by atoms with E-state index < -0.39 is 16.3 Å². The average molecular weight is 586 g/mol. The summed E-state index contributed by atoms with van der Waals surface area (Å²) in [7, 11) is -3.83. The Hall–Kier alpha value is -3.69. The molecule has 2 amide bonds. The van der Waals surface area contributed by atoms with Gasteiger partial charge in [-0.3, -0.25) is 14.5 Å². The molecule has 15 heteroatoms. The van der Waals surface area contributed by atoms with Crippen LogP contribution in [-0.2, 0) is 19.8 Å². The monoisotopic (exact) mass is 585 g/mol. The number of nitrogens with one attached hydrogen (secondary N) is 2. The zero-order valence-electron chi connectivity index (χ0n) is 21.3. The van der Waals surface area contributed by atoms with Crippen molar-refractivity contribution in [3.05, 3.63) is 71.5 Å². The summed E-state index contributed by atoms with van der Waals surface area (Å²) in [6, 6.07) is 13.0. The molecule has 13 nitrogen and oxygen atoms in total. The van der Waals surface area contributed by atoms with Gasteiger partial charge in [0, 0.05) is 54.1 Å². The molecular formula is C25H28ClN9O4S. The zero-order chi connectivity index (χ0) is 28.3. The summed E-state index contributed by atoms with van der Waals surface area (Å²) in [6.45, 7) is 1.35. The number of anilines is 1. The highest BCUT2D eigenvalue weighted by Crippen LogP contribution is 2.28. The minimum Gasteiger partial charge on any atom is -0.325 e. The van der Waals surface area contributed by atoms with Crippen molar-refractivity contribution >= 4 is 45.4 Å². The van der Waals surface area contributed by atoms with Crippen LogP contribution in [0.1, 0.15) is 18.4 Å². The fourth-order valence-corrected chi connectivity index (χ4v) is 6.00. The molecule has 3 heterocycles. The van der Waals surface area contributed by atoms with Gasteiger partial charge in [0.05, 0.1) is 5.69 Å². The van der Waals surface area contributed by atoms with Crippen molar-refractivity contribution in [3.8, 4) is 5.69 Å². The molecule has 5 rings (SSSR count). The van der Waals surface area contributed by atoms with E-state index in [2.05, 4.69) is 30.5 Å². The van der Waals surface area contributed by atoms with Crippen LogP contribution in [0.15, 0.2) is 60.9 Å². The maximum absolute atomic E-state index is 13.5. The maximum atomic E-state index is 13.5. The number of halogens is 1. The molecule has 3 atom stereocenters. The number of nitrogens with zero attached hydrogens (tertiary/aromatic N) is 6. The number of amides is 2. The standard InChI is InChI=1S/C25H28ClN9O4S/c26-18-7-8-22(35-16-28-31-32-35)17(12-18)6-9-24(36)34-15-21(33-11-10-20(14-33)30-40(27,38)39)13-23(34)25(37)29-19-4-2-1-3-5-19/h1-9,12,16,20-21,23,30H,10-11,13-15H2,(H,29,37)(H2,27,38,39)/b9-6+/t20-,21+,23+/m1/s1. The molecule has 210 valence electrons. The minimum atomic E-state index is -3.83. The molecule has 2 aromatic carbocycles. The van der Waals surface area contributed by atoms with Gasteiger partial charge in [0.25, 0.3) is 10.2 Å². The third kappa shape index (κ3) is 6.71. The molecule has 4 N–H and O–H groups in total. The predicted molar refractivity (Wildman–Crippen MR) is 148 cm³/mol. The van der Waals surface area contributed by atoms with E-state index in [9.17, 15) is 18.0 Å². The normalized spacial score (nSPS) is 21.8. The van der Waals surface area contributed by atoms with Gasteiger partial charge in [-0.1, -0.05) is 29.8 Å². The molecule has 2 fully saturated rings. The maximum Gasteiger partial charge on any atom is 0.274 e. The molecule has 0 saturated carbocycles. The van der Waals surface area contributed by atoms with Gasteiger partial charge in [-0.2, -0.15) is 17.8 Å². The summed E-state index contributed by atoms with van der Waals surface area (Å²) in [5.41, 5.74) is 1.87. The molecule has 3 aromatic rings. The number of hydrogen-bond acceptors (Lipinski definition) is 8. The highest BCUT2D eigenvalue weighted by molar-refractivity contribution is 7.87. The van der Waals surface area contributed by atoms with Gasteiger partial charge in [0.1, 0.15) is 12.4 Å². The van der Waals surface area contributed by atoms with Crippen LogP contribution in [0.4, 0.5) is 5.69 Å². The number of rotatable bonds is 8. The summed E-state index contributed by atoms with van der Waals surface area (Å²) in [4.78, 5) is 30.5. The van der Waals surface area contributed by atoms with Crippen LogP contribution in [0.2, 0.25) is 5.02 Å². The first-order valence-corrected chi connectivity index (χ1v) is 14.5. The van der Waals surface area contributed by atoms with E-state index in [0.717, 1.165) is 0 Å². The first-order chi connectivity index (χ1) is 19.2. The first-order valence-electron chi connectivity index (χ1n) is 12.6. The van der Waals surface area contributed by atoms with Crippen LogP contribution in [0.3, 0.4) is 0 Å². The molecule has 40 heavy (non-hydrogen) atoms. The fraction of sp³-hybridized carbons (Fsp3) is 0.320. The largest absolute Gasteiger partial charge is 0.325 e. The van der Waals surface area contributed by atoms with Gasteiger partial charge in [-0.15, -0.1) is 5.10 Å². The Balaban J connectivity index is 1.36. The topological polar surface area (TPSA) is 168 Å². The molecule has 0 bridgehead atoms.